The normalized spacial score (nSPS) is 23.2. The van der Waals surface area contributed by atoms with Crippen molar-refractivity contribution >= 4 is 5.69 Å². The van der Waals surface area contributed by atoms with Crippen LogP contribution >= 0.6 is 0 Å². The molecule has 1 atom stereocenters. The molecule has 0 saturated carbocycles. The van der Waals surface area contributed by atoms with E-state index in [1.54, 1.807) is 0 Å². The fourth-order valence-corrected chi connectivity index (χ4v) is 2.99. The lowest BCUT2D eigenvalue weighted by Crippen LogP contribution is -2.52. The number of piperidine rings is 1. The van der Waals surface area contributed by atoms with E-state index < -0.39 is 0 Å². The van der Waals surface area contributed by atoms with Gasteiger partial charge < -0.3 is 10.0 Å². The van der Waals surface area contributed by atoms with Gasteiger partial charge >= 0.3 is 0 Å². The summed E-state index contributed by atoms with van der Waals surface area (Å²) in [7, 11) is 0. The maximum atomic E-state index is 9.99. The van der Waals surface area contributed by atoms with Gasteiger partial charge in [-0.3, -0.25) is 0 Å². The van der Waals surface area contributed by atoms with Crippen molar-refractivity contribution in [3.63, 3.8) is 0 Å². The lowest BCUT2D eigenvalue weighted by Gasteiger charge is -2.47. The number of β-amino-alcohol motifs (C(OH)–C–C–N with tert-alkyl or cyclic N) is 1. The number of rotatable bonds is 2. The molecule has 100 valence electrons. The van der Waals surface area contributed by atoms with Crippen LogP contribution in [0, 0.1) is 6.92 Å². The highest BCUT2D eigenvalue weighted by Crippen LogP contribution is 2.36. The van der Waals surface area contributed by atoms with E-state index in [0.717, 1.165) is 25.8 Å². The molecule has 1 aromatic carbocycles. The second-order valence-electron chi connectivity index (χ2n) is 6.05. The fourth-order valence-electron chi connectivity index (χ4n) is 2.99. The van der Waals surface area contributed by atoms with Crippen LogP contribution in [0.4, 0.5) is 5.69 Å². The van der Waals surface area contributed by atoms with Gasteiger partial charge in [0.1, 0.15) is 0 Å². The Kier molecular flexibility index (Phi) is 3.67. The highest BCUT2D eigenvalue weighted by Gasteiger charge is 2.34. The first kappa shape index (κ1) is 13.4. The van der Waals surface area contributed by atoms with Crippen LogP contribution in [-0.2, 0) is 6.42 Å². The van der Waals surface area contributed by atoms with E-state index in [-0.39, 0.29) is 11.6 Å². The highest BCUT2D eigenvalue weighted by atomic mass is 16.3. The Morgan fingerprint density at radius 3 is 2.78 bits per heavy atom. The van der Waals surface area contributed by atoms with Gasteiger partial charge in [-0.1, -0.05) is 25.1 Å². The van der Waals surface area contributed by atoms with Gasteiger partial charge in [-0.25, -0.2) is 0 Å². The molecule has 18 heavy (non-hydrogen) atoms. The topological polar surface area (TPSA) is 23.5 Å². The molecule has 1 fully saturated rings. The molecule has 1 aliphatic heterocycles. The minimum Gasteiger partial charge on any atom is -0.391 e. The largest absolute Gasteiger partial charge is 0.391 e. The summed E-state index contributed by atoms with van der Waals surface area (Å²) in [5, 5.41) is 9.99. The van der Waals surface area contributed by atoms with Gasteiger partial charge in [0.2, 0.25) is 0 Å². The smallest absolute Gasteiger partial charge is 0.0716 e. The zero-order valence-corrected chi connectivity index (χ0v) is 12.0. The van der Waals surface area contributed by atoms with Crippen molar-refractivity contribution in [3.05, 3.63) is 29.3 Å². The Bertz CT molecular complexity index is 425. The highest BCUT2D eigenvalue weighted by molar-refractivity contribution is 5.61. The average Bonchev–Trinajstić information content (AvgIpc) is 2.32. The van der Waals surface area contributed by atoms with Crippen molar-refractivity contribution in [2.45, 2.75) is 58.6 Å². The van der Waals surface area contributed by atoms with Crippen molar-refractivity contribution < 1.29 is 5.11 Å². The Labute approximate surface area is 111 Å². The molecule has 2 heteroatoms. The number of aryl methyl sites for hydroxylation is 2. The maximum Gasteiger partial charge on any atom is 0.0716 e. The number of nitrogens with zero attached hydrogens (tertiary/aromatic N) is 1. The molecule has 0 spiro atoms. The predicted molar refractivity (Wildman–Crippen MR) is 77.2 cm³/mol. The summed E-state index contributed by atoms with van der Waals surface area (Å²) < 4.78 is 0. The molecule has 1 aromatic rings. The Morgan fingerprint density at radius 2 is 2.11 bits per heavy atom. The quantitative estimate of drug-likeness (QED) is 0.867. The van der Waals surface area contributed by atoms with E-state index in [1.165, 1.54) is 16.8 Å². The van der Waals surface area contributed by atoms with Gasteiger partial charge in [-0.15, -0.1) is 0 Å². The molecular formula is C16H25NO. The van der Waals surface area contributed by atoms with Crippen molar-refractivity contribution in [1.29, 1.82) is 0 Å². The van der Waals surface area contributed by atoms with Crippen LogP contribution in [0.1, 0.15) is 44.7 Å². The summed E-state index contributed by atoms with van der Waals surface area (Å²) in [5.74, 6) is 0. The van der Waals surface area contributed by atoms with Crippen molar-refractivity contribution in [2.75, 3.05) is 11.4 Å². The summed E-state index contributed by atoms with van der Waals surface area (Å²) >= 11 is 0. The van der Waals surface area contributed by atoms with Gasteiger partial charge in [0.05, 0.1) is 6.10 Å². The number of aliphatic hydroxyl groups is 1. The molecule has 0 bridgehead atoms. The number of aliphatic hydroxyl groups excluding tert-OH is 1. The summed E-state index contributed by atoms with van der Waals surface area (Å²) in [5.41, 5.74) is 4.17. The first-order valence-corrected chi connectivity index (χ1v) is 7.00. The molecular weight excluding hydrogens is 222 g/mol. The summed E-state index contributed by atoms with van der Waals surface area (Å²) in [4.78, 5) is 2.41. The van der Waals surface area contributed by atoms with Crippen LogP contribution in [-0.4, -0.2) is 23.3 Å². The number of hydrogen-bond donors (Lipinski definition) is 1. The Hall–Kier alpha value is -1.02. The number of benzene rings is 1. The van der Waals surface area contributed by atoms with Crippen LogP contribution in [0.15, 0.2) is 18.2 Å². The van der Waals surface area contributed by atoms with E-state index in [4.69, 9.17) is 0 Å². The molecule has 2 rings (SSSR count). The third-order valence-corrected chi connectivity index (χ3v) is 4.19. The molecule has 0 amide bonds. The molecule has 0 aliphatic carbocycles. The van der Waals surface area contributed by atoms with E-state index >= 15 is 0 Å². The molecule has 0 aromatic heterocycles. The number of para-hydroxylation sites is 1. The molecule has 0 radical (unpaired) electrons. The van der Waals surface area contributed by atoms with Crippen molar-refractivity contribution in [2.24, 2.45) is 0 Å². The third-order valence-electron chi connectivity index (χ3n) is 4.19. The minimum absolute atomic E-state index is 0.134. The molecule has 1 aliphatic rings. The third kappa shape index (κ3) is 2.39. The molecule has 1 heterocycles. The lowest BCUT2D eigenvalue weighted by molar-refractivity contribution is 0.126. The van der Waals surface area contributed by atoms with Gasteiger partial charge in [-0.2, -0.15) is 0 Å². The molecule has 1 saturated heterocycles. The van der Waals surface area contributed by atoms with Gasteiger partial charge in [0.15, 0.2) is 0 Å². The van der Waals surface area contributed by atoms with Crippen LogP contribution in [0.5, 0.6) is 0 Å². The second kappa shape index (κ2) is 4.93. The van der Waals surface area contributed by atoms with E-state index in [2.05, 4.69) is 50.8 Å². The molecule has 1 N–H and O–H groups in total. The lowest BCUT2D eigenvalue weighted by atomic mass is 9.87. The monoisotopic (exact) mass is 247 g/mol. The summed E-state index contributed by atoms with van der Waals surface area (Å²) in [6.07, 6.45) is 2.81. The maximum absolute atomic E-state index is 9.99. The average molecular weight is 247 g/mol. The van der Waals surface area contributed by atoms with E-state index in [0.29, 0.717) is 0 Å². The van der Waals surface area contributed by atoms with Crippen molar-refractivity contribution in [1.82, 2.24) is 0 Å². The Morgan fingerprint density at radius 1 is 1.39 bits per heavy atom. The van der Waals surface area contributed by atoms with Crippen LogP contribution in [0.25, 0.3) is 0 Å². The van der Waals surface area contributed by atoms with E-state index in [1.807, 2.05) is 0 Å². The Balaban J connectivity index is 2.45. The SMILES string of the molecule is CCc1cccc(C)c1N1CC(O)CCC1(C)C. The van der Waals surface area contributed by atoms with Gasteiger partial charge in [0, 0.05) is 17.8 Å². The standard InChI is InChI=1S/C16H25NO/c1-5-13-8-6-7-12(2)15(13)17-11-14(18)9-10-16(17,3)4/h6-8,14,18H,5,9-11H2,1-4H3. The van der Waals surface area contributed by atoms with Crippen molar-refractivity contribution in [3.8, 4) is 0 Å². The zero-order valence-electron chi connectivity index (χ0n) is 12.0. The first-order valence-electron chi connectivity index (χ1n) is 7.00. The fraction of sp³-hybridized carbons (Fsp3) is 0.625. The van der Waals surface area contributed by atoms with Crippen LogP contribution < -0.4 is 4.90 Å². The first-order chi connectivity index (χ1) is 8.45. The number of anilines is 1. The zero-order chi connectivity index (χ0) is 13.3. The predicted octanol–water partition coefficient (Wildman–Crippen LogP) is 3.30. The number of hydrogen-bond acceptors (Lipinski definition) is 2. The van der Waals surface area contributed by atoms with Crippen LogP contribution in [0.2, 0.25) is 0 Å². The van der Waals surface area contributed by atoms with Crippen LogP contribution in [0.3, 0.4) is 0 Å². The summed E-state index contributed by atoms with van der Waals surface area (Å²) in [6, 6.07) is 6.51. The van der Waals surface area contributed by atoms with Gasteiger partial charge in [-0.05, 0) is 51.2 Å². The van der Waals surface area contributed by atoms with E-state index in [9.17, 15) is 5.11 Å². The molecule has 2 nitrogen and oxygen atoms in total. The minimum atomic E-state index is -0.192. The molecule has 1 unspecified atom stereocenters. The summed E-state index contributed by atoms with van der Waals surface area (Å²) in [6.45, 7) is 9.69. The second-order valence-corrected chi connectivity index (χ2v) is 6.05. The van der Waals surface area contributed by atoms with Gasteiger partial charge in [0.25, 0.3) is 0 Å².